The van der Waals surface area contributed by atoms with E-state index in [0.717, 1.165) is 43.9 Å². The van der Waals surface area contributed by atoms with E-state index in [-0.39, 0.29) is 0 Å². The summed E-state index contributed by atoms with van der Waals surface area (Å²) in [6.07, 6.45) is 4.36. The van der Waals surface area contributed by atoms with Gasteiger partial charge in [0.2, 0.25) is 0 Å². The van der Waals surface area contributed by atoms with Crippen LogP contribution in [0.15, 0.2) is 207 Å². The molecule has 5 heterocycles. The Bertz CT molecular complexity index is 3540. The van der Waals surface area contributed by atoms with Crippen LogP contribution in [0, 0.1) is 0 Å². The van der Waals surface area contributed by atoms with E-state index in [0.29, 0.717) is 0 Å². The van der Waals surface area contributed by atoms with E-state index < -0.39 is 0 Å². The highest BCUT2D eigenvalue weighted by Crippen LogP contribution is 2.40. The summed E-state index contributed by atoms with van der Waals surface area (Å²) in [7, 11) is 0. The normalized spacial score (nSPS) is 11.9. The van der Waals surface area contributed by atoms with Gasteiger partial charge in [-0.15, -0.1) is 10.2 Å². The molecule has 0 saturated heterocycles. The monoisotopic (exact) mass is 798 g/mol. The average molecular weight is 799 g/mol. The number of rotatable bonds is 6. The van der Waals surface area contributed by atoms with Crippen LogP contribution in [-0.4, -0.2) is 28.5 Å². The third kappa shape index (κ3) is 5.14. The van der Waals surface area contributed by atoms with Gasteiger partial charge < -0.3 is 18.3 Å². The Balaban J connectivity index is 0.855. The molecule has 0 spiro atoms. The van der Waals surface area contributed by atoms with Gasteiger partial charge in [0.25, 0.3) is 0 Å². The second-order valence-electron chi connectivity index (χ2n) is 15.5. The second-order valence-corrected chi connectivity index (χ2v) is 16.5. The summed E-state index contributed by atoms with van der Waals surface area (Å²) < 4.78 is 9.35. The van der Waals surface area contributed by atoms with Crippen LogP contribution in [-0.2, 0) is 0 Å². The molecule has 0 aliphatic rings. The van der Waals surface area contributed by atoms with Crippen LogP contribution in [0.4, 0.5) is 0 Å². The van der Waals surface area contributed by atoms with Crippen LogP contribution in [0.2, 0.25) is 0 Å². The van der Waals surface area contributed by atoms with Gasteiger partial charge in [-0.25, -0.2) is 0 Å². The zero-order valence-electron chi connectivity index (χ0n) is 32.7. The quantitative estimate of drug-likeness (QED) is 0.168. The Labute approximate surface area is 354 Å². The molecule has 7 heteroatoms. The number of hydrogen-bond acceptors (Lipinski definition) is 3. The molecule has 0 saturated carbocycles. The van der Waals surface area contributed by atoms with E-state index in [2.05, 4.69) is 225 Å². The number of nitrogens with zero attached hydrogens (tertiary/aromatic N) is 6. The van der Waals surface area contributed by atoms with Gasteiger partial charge in [-0.05, 0) is 109 Å². The van der Waals surface area contributed by atoms with Gasteiger partial charge in [-0.2, -0.15) is 0 Å². The van der Waals surface area contributed by atoms with Crippen molar-refractivity contribution in [3.63, 3.8) is 0 Å². The first-order valence-electron chi connectivity index (χ1n) is 20.5. The van der Waals surface area contributed by atoms with E-state index in [4.69, 9.17) is 10.2 Å². The molecule has 5 aromatic heterocycles. The Morgan fingerprint density at radius 2 is 0.705 bits per heavy atom. The lowest BCUT2D eigenvalue weighted by atomic mass is 10.1. The average Bonchev–Trinajstić information content (AvgIpc) is 4.18. The lowest BCUT2D eigenvalue weighted by Crippen LogP contribution is -1.95. The van der Waals surface area contributed by atoms with Crippen molar-refractivity contribution in [1.29, 1.82) is 0 Å². The number of benzene rings is 8. The van der Waals surface area contributed by atoms with Gasteiger partial charge in [0, 0.05) is 78.6 Å². The predicted molar refractivity (Wildman–Crippen MR) is 253 cm³/mol. The molecular weight excluding hydrogens is 765 g/mol. The fourth-order valence-electron chi connectivity index (χ4n) is 9.48. The molecule has 0 fully saturated rings. The van der Waals surface area contributed by atoms with E-state index in [9.17, 15) is 0 Å². The molecule has 61 heavy (non-hydrogen) atoms. The van der Waals surface area contributed by atoms with E-state index in [1.165, 1.54) is 65.4 Å². The maximum atomic E-state index is 4.69. The molecule has 13 aromatic rings. The molecule has 0 bridgehead atoms. The fraction of sp³-hybridized carbons (Fsp3) is 0. The van der Waals surface area contributed by atoms with Gasteiger partial charge in [-0.1, -0.05) is 96.3 Å². The summed E-state index contributed by atoms with van der Waals surface area (Å²) >= 11 is 1.62. The van der Waals surface area contributed by atoms with E-state index >= 15 is 0 Å². The van der Waals surface area contributed by atoms with Crippen molar-refractivity contribution in [3.8, 4) is 43.9 Å². The lowest BCUT2D eigenvalue weighted by molar-refractivity contribution is 1.10. The summed E-state index contributed by atoms with van der Waals surface area (Å²) in [4.78, 5) is 0. The molecule has 0 aliphatic carbocycles. The maximum Gasteiger partial charge on any atom is 0.148 e. The van der Waals surface area contributed by atoms with Gasteiger partial charge in [-0.3, -0.25) is 0 Å². The van der Waals surface area contributed by atoms with Crippen molar-refractivity contribution in [2.45, 2.75) is 0 Å². The smallest absolute Gasteiger partial charge is 0.148 e. The molecule has 0 atom stereocenters. The zero-order chi connectivity index (χ0) is 40.0. The Kier molecular flexibility index (Phi) is 7.37. The summed E-state index contributed by atoms with van der Waals surface area (Å²) in [6, 6.07) is 69.5. The standard InChI is InChI=1S/C54H34N6S/c1-3-11-37(12-4-1)57-33-31-45-47(57)29-27-43-41-15-7-9-17-49(41)59(51(43)45)39-23-19-35(20-24-39)53-55-56-54(61-53)36-21-25-40(26-22-36)60-50-18-10-8-16-42(50)44-28-30-48-46(52(44)60)32-34-58(48)38-13-5-2-6-14-38/h1-34H. The van der Waals surface area contributed by atoms with Crippen molar-refractivity contribution in [3.05, 3.63) is 207 Å². The summed E-state index contributed by atoms with van der Waals surface area (Å²) in [5.41, 5.74) is 13.7. The largest absolute Gasteiger partial charge is 0.316 e. The van der Waals surface area contributed by atoms with Gasteiger partial charge in [0.15, 0.2) is 0 Å². The van der Waals surface area contributed by atoms with Gasteiger partial charge in [0.05, 0.1) is 33.1 Å². The van der Waals surface area contributed by atoms with Crippen molar-refractivity contribution < 1.29 is 0 Å². The summed E-state index contributed by atoms with van der Waals surface area (Å²) in [5.74, 6) is 0. The molecule has 0 unspecified atom stereocenters. The zero-order valence-corrected chi connectivity index (χ0v) is 33.5. The molecule has 6 nitrogen and oxygen atoms in total. The van der Waals surface area contributed by atoms with Crippen molar-refractivity contribution in [2.75, 3.05) is 0 Å². The predicted octanol–water partition coefficient (Wildman–Crippen LogP) is 14.0. The van der Waals surface area contributed by atoms with Gasteiger partial charge >= 0.3 is 0 Å². The fourth-order valence-corrected chi connectivity index (χ4v) is 10.3. The molecule has 0 aliphatic heterocycles. The first-order chi connectivity index (χ1) is 30.3. The molecular formula is C54H34N6S. The van der Waals surface area contributed by atoms with Crippen molar-refractivity contribution in [2.24, 2.45) is 0 Å². The molecule has 8 aromatic carbocycles. The maximum absolute atomic E-state index is 4.69. The second kappa shape index (κ2) is 13.3. The highest BCUT2D eigenvalue weighted by molar-refractivity contribution is 7.17. The van der Waals surface area contributed by atoms with Crippen LogP contribution in [0.25, 0.3) is 109 Å². The van der Waals surface area contributed by atoms with Crippen molar-refractivity contribution in [1.82, 2.24) is 28.5 Å². The number of aromatic nitrogens is 6. The highest BCUT2D eigenvalue weighted by atomic mass is 32.1. The minimum Gasteiger partial charge on any atom is -0.316 e. The number of hydrogen-bond donors (Lipinski definition) is 0. The SMILES string of the molecule is c1ccc(-n2ccc3c2ccc2c4ccccc4n(-c4ccc(-c5nnc(-c6ccc(-n7c8ccccc8c8ccc9c(ccn9-c9ccccc9)c87)cc6)s5)cc4)c23)cc1. The van der Waals surface area contributed by atoms with Crippen LogP contribution < -0.4 is 0 Å². The Hall–Kier alpha value is -8.00. The van der Waals surface area contributed by atoms with Crippen LogP contribution >= 0.6 is 11.3 Å². The highest BCUT2D eigenvalue weighted by Gasteiger charge is 2.19. The molecule has 0 amide bonds. The first-order valence-corrected chi connectivity index (χ1v) is 21.3. The third-order valence-electron chi connectivity index (χ3n) is 12.2. The van der Waals surface area contributed by atoms with Crippen molar-refractivity contribution >= 4 is 76.8 Å². The molecule has 286 valence electrons. The molecule has 13 rings (SSSR count). The third-order valence-corrected chi connectivity index (χ3v) is 13.3. The molecule has 0 radical (unpaired) electrons. The van der Waals surface area contributed by atoms with E-state index in [1.54, 1.807) is 11.3 Å². The minimum atomic E-state index is 0.892. The van der Waals surface area contributed by atoms with Crippen LogP contribution in [0.3, 0.4) is 0 Å². The number of para-hydroxylation sites is 4. The number of fused-ring (bicyclic) bond motifs is 10. The Morgan fingerprint density at radius 3 is 1.15 bits per heavy atom. The first kappa shape index (κ1) is 33.9. The van der Waals surface area contributed by atoms with Gasteiger partial charge in [0.1, 0.15) is 10.0 Å². The molecule has 0 N–H and O–H groups in total. The summed E-state index contributed by atoms with van der Waals surface area (Å²) in [5, 5.41) is 18.6. The van der Waals surface area contributed by atoms with Crippen LogP contribution in [0.1, 0.15) is 0 Å². The Morgan fingerprint density at radius 1 is 0.295 bits per heavy atom. The van der Waals surface area contributed by atoms with Crippen LogP contribution in [0.5, 0.6) is 0 Å². The summed E-state index contributed by atoms with van der Waals surface area (Å²) in [6.45, 7) is 0. The lowest BCUT2D eigenvalue weighted by Gasteiger charge is -2.10. The minimum absolute atomic E-state index is 0.892. The topological polar surface area (TPSA) is 45.5 Å². The van der Waals surface area contributed by atoms with E-state index in [1.807, 2.05) is 0 Å².